The fraction of sp³-hybridized carbons (Fsp3) is 0.667. The summed E-state index contributed by atoms with van der Waals surface area (Å²) in [6.07, 6.45) is 6.85. The Morgan fingerprint density at radius 2 is 2.33 bits per heavy atom. The normalized spacial score (nSPS) is 27.9. The predicted octanol–water partition coefficient (Wildman–Crippen LogP) is 1.62. The topological polar surface area (TPSA) is 75.4 Å². The van der Waals surface area contributed by atoms with Crippen LogP contribution in [0.4, 0.5) is 0 Å². The number of aliphatic carboxylic acids is 1. The standard InChI is InChI=1S/C15H21N3O3/c1-2-6-18-8-11(7-16-18)13(19)17-9-12-4-3-5-15(12,10-17)14(20)21/h7-8,12H,2-6,9-10H2,1H3,(H,20,21)/t12-,15+/m0/s1. The van der Waals surface area contributed by atoms with Crippen LogP contribution in [0.2, 0.25) is 0 Å². The van der Waals surface area contributed by atoms with Crippen molar-refractivity contribution in [1.29, 1.82) is 0 Å². The number of carboxylic acids is 1. The van der Waals surface area contributed by atoms with Crippen molar-refractivity contribution in [3.8, 4) is 0 Å². The first-order valence-electron chi connectivity index (χ1n) is 7.62. The van der Waals surface area contributed by atoms with Gasteiger partial charge in [0.05, 0.1) is 17.2 Å². The molecule has 1 aromatic rings. The lowest BCUT2D eigenvalue weighted by molar-refractivity contribution is -0.149. The molecule has 3 rings (SSSR count). The first-order chi connectivity index (χ1) is 10.1. The molecule has 0 spiro atoms. The molecule has 0 bridgehead atoms. The van der Waals surface area contributed by atoms with Gasteiger partial charge in [0.25, 0.3) is 5.91 Å². The van der Waals surface area contributed by atoms with Gasteiger partial charge in [0.1, 0.15) is 0 Å². The fourth-order valence-corrected chi connectivity index (χ4v) is 3.80. The Balaban J connectivity index is 1.76. The number of aromatic nitrogens is 2. The molecule has 1 aliphatic carbocycles. The highest BCUT2D eigenvalue weighted by Gasteiger charge is 2.55. The Bertz CT molecular complexity index is 568. The molecule has 6 heteroatoms. The number of rotatable bonds is 4. The number of carbonyl (C=O) groups excluding carboxylic acids is 1. The molecule has 0 aromatic carbocycles. The van der Waals surface area contributed by atoms with E-state index in [1.165, 1.54) is 0 Å². The molecule has 1 saturated heterocycles. The summed E-state index contributed by atoms with van der Waals surface area (Å²) in [6, 6.07) is 0. The van der Waals surface area contributed by atoms with Crippen LogP contribution in [-0.2, 0) is 11.3 Å². The van der Waals surface area contributed by atoms with Crippen LogP contribution in [0.15, 0.2) is 12.4 Å². The second-order valence-corrected chi connectivity index (χ2v) is 6.23. The number of nitrogens with zero attached hydrogens (tertiary/aromatic N) is 3. The Morgan fingerprint density at radius 1 is 1.52 bits per heavy atom. The first-order valence-corrected chi connectivity index (χ1v) is 7.62. The van der Waals surface area contributed by atoms with Crippen LogP contribution in [0, 0.1) is 11.3 Å². The highest BCUT2D eigenvalue weighted by Crippen LogP contribution is 2.49. The maximum atomic E-state index is 12.5. The summed E-state index contributed by atoms with van der Waals surface area (Å²) in [5, 5.41) is 13.7. The van der Waals surface area contributed by atoms with E-state index in [-0.39, 0.29) is 11.8 Å². The first kappa shape index (κ1) is 14.1. The number of hydrogen-bond donors (Lipinski definition) is 1. The lowest BCUT2D eigenvalue weighted by atomic mass is 9.81. The molecule has 1 saturated carbocycles. The van der Waals surface area contributed by atoms with Gasteiger partial charge in [0.2, 0.25) is 0 Å². The number of likely N-dealkylation sites (tertiary alicyclic amines) is 1. The molecule has 1 N–H and O–H groups in total. The molecule has 2 fully saturated rings. The molecule has 114 valence electrons. The van der Waals surface area contributed by atoms with Crippen molar-refractivity contribution in [2.24, 2.45) is 11.3 Å². The van der Waals surface area contributed by atoms with E-state index in [1.807, 2.05) is 0 Å². The van der Waals surface area contributed by atoms with Gasteiger partial charge in [0, 0.05) is 25.8 Å². The van der Waals surface area contributed by atoms with Gasteiger partial charge < -0.3 is 10.0 Å². The Hall–Kier alpha value is -1.85. The van der Waals surface area contributed by atoms with Gasteiger partial charge in [-0.25, -0.2) is 0 Å². The van der Waals surface area contributed by atoms with E-state index in [2.05, 4.69) is 12.0 Å². The van der Waals surface area contributed by atoms with Gasteiger partial charge in [-0.05, 0) is 25.2 Å². The summed E-state index contributed by atoms with van der Waals surface area (Å²) >= 11 is 0. The SMILES string of the molecule is CCCn1cc(C(=O)N2C[C@@H]3CCC[C@@]3(C(=O)O)C2)cn1. The average Bonchev–Trinajstić information content (AvgIpc) is 3.11. The third-order valence-corrected chi connectivity index (χ3v) is 4.92. The van der Waals surface area contributed by atoms with E-state index < -0.39 is 11.4 Å². The van der Waals surface area contributed by atoms with Crippen molar-refractivity contribution in [3.05, 3.63) is 18.0 Å². The molecular weight excluding hydrogens is 270 g/mol. The highest BCUT2D eigenvalue weighted by atomic mass is 16.4. The molecule has 0 radical (unpaired) electrons. The van der Waals surface area contributed by atoms with Crippen LogP contribution in [-0.4, -0.2) is 44.8 Å². The van der Waals surface area contributed by atoms with Crippen molar-refractivity contribution in [3.63, 3.8) is 0 Å². The second-order valence-electron chi connectivity index (χ2n) is 6.23. The van der Waals surface area contributed by atoms with Crippen LogP contribution in [0.25, 0.3) is 0 Å². The van der Waals surface area contributed by atoms with Crippen molar-refractivity contribution < 1.29 is 14.7 Å². The predicted molar refractivity (Wildman–Crippen MR) is 75.8 cm³/mol. The number of hydrogen-bond acceptors (Lipinski definition) is 3. The quantitative estimate of drug-likeness (QED) is 0.914. The smallest absolute Gasteiger partial charge is 0.311 e. The average molecular weight is 291 g/mol. The van der Waals surface area contributed by atoms with Gasteiger partial charge in [-0.3, -0.25) is 14.3 Å². The summed E-state index contributed by atoms with van der Waals surface area (Å²) < 4.78 is 1.76. The minimum atomic E-state index is -0.748. The van der Waals surface area contributed by atoms with Crippen molar-refractivity contribution >= 4 is 11.9 Å². The van der Waals surface area contributed by atoms with Crippen molar-refractivity contribution in [2.75, 3.05) is 13.1 Å². The Kier molecular flexibility index (Phi) is 3.47. The van der Waals surface area contributed by atoms with E-state index in [0.29, 0.717) is 25.1 Å². The fourth-order valence-electron chi connectivity index (χ4n) is 3.80. The minimum Gasteiger partial charge on any atom is -0.481 e. The minimum absolute atomic E-state index is 0.0904. The molecular formula is C15H21N3O3. The molecule has 2 heterocycles. The zero-order valence-corrected chi connectivity index (χ0v) is 12.3. The van der Waals surface area contributed by atoms with Crippen molar-refractivity contribution in [1.82, 2.24) is 14.7 Å². The Morgan fingerprint density at radius 3 is 3.00 bits per heavy atom. The molecule has 0 unspecified atom stereocenters. The molecule has 2 aliphatic rings. The highest BCUT2D eigenvalue weighted by molar-refractivity contribution is 5.94. The number of aryl methyl sites for hydroxylation is 1. The molecule has 1 aliphatic heterocycles. The van der Waals surface area contributed by atoms with E-state index in [9.17, 15) is 14.7 Å². The zero-order valence-electron chi connectivity index (χ0n) is 12.3. The van der Waals surface area contributed by atoms with Crippen LogP contribution < -0.4 is 0 Å². The zero-order chi connectivity index (χ0) is 15.0. The van der Waals surface area contributed by atoms with Gasteiger partial charge in [-0.2, -0.15) is 5.10 Å². The van der Waals surface area contributed by atoms with E-state index >= 15 is 0 Å². The summed E-state index contributed by atoms with van der Waals surface area (Å²) in [7, 11) is 0. The summed E-state index contributed by atoms with van der Waals surface area (Å²) in [6.45, 7) is 3.74. The number of amides is 1. The van der Waals surface area contributed by atoms with Gasteiger partial charge in [-0.1, -0.05) is 13.3 Å². The summed E-state index contributed by atoms with van der Waals surface area (Å²) in [4.78, 5) is 25.9. The molecule has 21 heavy (non-hydrogen) atoms. The maximum Gasteiger partial charge on any atom is 0.311 e. The third kappa shape index (κ3) is 2.22. The molecule has 2 atom stereocenters. The van der Waals surface area contributed by atoms with Crippen LogP contribution in [0.1, 0.15) is 43.0 Å². The lowest BCUT2D eigenvalue weighted by Crippen LogP contribution is -2.37. The van der Waals surface area contributed by atoms with Crippen LogP contribution >= 0.6 is 0 Å². The third-order valence-electron chi connectivity index (χ3n) is 4.92. The Labute approximate surface area is 123 Å². The second kappa shape index (κ2) is 5.16. The number of carboxylic acid groups (broad SMARTS) is 1. The van der Waals surface area contributed by atoms with Crippen LogP contribution in [0.5, 0.6) is 0 Å². The van der Waals surface area contributed by atoms with E-state index in [1.54, 1.807) is 22.0 Å². The van der Waals surface area contributed by atoms with Gasteiger partial charge >= 0.3 is 5.97 Å². The number of fused-ring (bicyclic) bond motifs is 1. The summed E-state index contributed by atoms with van der Waals surface area (Å²) in [5.41, 5.74) is -0.154. The maximum absolute atomic E-state index is 12.5. The van der Waals surface area contributed by atoms with E-state index in [0.717, 1.165) is 25.8 Å². The number of carbonyl (C=O) groups is 2. The summed E-state index contributed by atoms with van der Waals surface area (Å²) in [5.74, 6) is -0.737. The van der Waals surface area contributed by atoms with E-state index in [4.69, 9.17) is 0 Å². The van der Waals surface area contributed by atoms with Gasteiger partial charge in [-0.15, -0.1) is 0 Å². The van der Waals surface area contributed by atoms with Crippen molar-refractivity contribution in [2.45, 2.75) is 39.2 Å². The largest absolute Gasteiger partial charge is 0.481 e. The van der Waals surface area contributed by atoms with Crippen LogP contribution in [0.3, 0.4) is 0 Å². The lowest BCUT2D eigenvalue weighted by Gasteiger charge is -2.23. The monoisotopic (exact) mass is 291 g/mol. The molecule has 1 amide bonds. The molecule has 6 nitrogen and oxygen atoms in total. The van der Waals surface area contributed by atoms with Gasteiger partial charge in [0.15, 0.2) is 0 Å². The molecule has 1 aromatic heterocycles.